The van der Waals surface area contributed by atoms with E-state index < -0.39 is 9.84 Å². The molecule has 1 aliphatic rings. The second kappa shape index (κ2) is 5.81. The van der Waals surface area contributed by atoms with E-state index in [1.807, 2.05) is 24.3 Å². The standard InChI is InChI=1S/C18H19NO3S/c1-13(2)14-7-9-15(10-8-14)18(20)19-11-12-23(21,22)17-6-4-3-5-16(17)19/h3-10,13H,11-12H2,1-2H3. The highest BCUT2D eigenvalue weighted by atomic mass is 32.2. The van der Waals surface area contributed by atoms with Gasteiger partial charge in [-0.15, -0.1) is 0 Å². The van der Waals surface area contributed by atoms with Crippen LogP contribution in [0.4, 0.5) is 5.69 Å². The first-order valence-corrected chi connectivity index (χ1v) is 9.29. The first kappa shape index (κ1) is 15.7. The summed E-state index contributed by atoms with van der Waals surface area (Å²) < 4.78 is 24.3. The van der Waals surface area contributed by atoms with Crippen molar-refractivity contribution in [1.82, 2.24) is 0 Å². The minimum atomic E-state index is -3.30. The molecule has 0 saturated carbocycles. The predicted octanol–water partition coefficient (Wildman–Crippen LogP) is 3.24. The zero-order chi connectivity index (χ0) is 16.6. The van der Waals surface area contributed by atoms with Crippen molar-refractivity contribution >= 4 is 21.4 Å². The van der Waals surface area contributed by atoms with Crippen molar-refractivity contribution in [3.8, 4) is 0 Å². The Kier molecular flexibility index (Phi) is 3.98. The van der Waals surface area contributed by atoms with Gasteiger partial charge in [-0.05, 0) is 35.7 Å². The summed E-state index contributed by atoms with van der Waals surface area (Å²) >= 11 is 0. The van der Waals surface area contributed by atoms with Crippen LogP contribution in [0.2, 0.25) is 0 Å². The average Bonchev–Trinajstić information content (AvgIpc) is 2.55. The van der Waals surface area contributed by atoms with Crippen LogP contribution in [0.15, 0.2) is 53.4 Å². The van der Waals surface area contributed by atoms with Crippen LogP contribution in [0.25, 0.3) is 0 Å². The molecule has 0 bridgehead atoms. The molecule has 2 aromatic rings. The Morgan fingerprint density at radius 1 is 1.04 bits per heavy atom. The molecule has 1 amide bonds. The molecule has 0 spiro atoms. The van der Waals surface area contributed by atoms with Crippen LogP contribution in [0.3, 0.4) is 0 Å². The zero-order valence-electron chi connectivity index (χ0n) is 13.2. The van der Waals surface area contributed by atoms with Gasteiger partial charge in [0, 0.05) is 12.1 Å². The Bertz CT molecular complexity index is 839. The van der Waals surface area contributed by atoms with Crippen molar-refractivity contribution in [3.05, 3.63) is 59.7 Å². The van der Waals surface area contributed by atoms with E-state index >= 15 is 0 Å². The van der Waals surface area contributed by atoms with Crippen LogP contribution < -0.4 is 4.90 Å². The summed E-state index contributed by atoms with van der Waals surface area (Å²) in [6.45, 7) is 4.38. The summed E-state index contributed by atoms with van der Waals surface area (Å²) in [4.78, 5) is 14.6. The summed E-state index contributed by atoms with van der Waals surface area (Å²) in [5.74, 6) is 0.197. The molecule has 3 rings (SSSR count). The number of sulfone groups is 1. The Balaban J connectivity index is 1.97. The number of amides is 1. The number of rotatable bonds is 2. The van der Waals surface area contributed by atoms with Crippen molar-refractivity contribution in [3.63, 3.8) is 0 Å². The van der Waals surface area contributed by atoms with E-state index in [2.05, 4.69) is 13.8 Å². The lowest BCUT2D eigenvalue weighted by molar-refractivity contribution is 0.0987. The van der Waals surface area contributed by atoms with Gasteiger partial charge in [-0.1, -0.05) is 38.1 Å². The molecule has 120 valence electrons. The van der Waals surface area contributed by atoms with E-state index in [0.29, 0.717) is 17.2 Å². The highest BCUT2D eigenvalue weighted by Gasteiger charge is 2.31. The van der Waals surface area contributed by atoms with Gasteiger partial charge in [-0.3, -0.25) is 4.79 Å². The molecule has 0 saturated heterocycles. The third-order valence-corrected chi connectivity index (χ3v) is 5.88. The molecule has 23 heavy (non-hydrogen) atoms. The molecule has 1 heterocycles. The Labute approximate surface area is 136 Å². The first-order chi connectivity index (χ1) is 10.9. The lowest BCUT2D eigenvalue weighted by Gasteiger charge is -2.29. The third-order valence-electron chi connectivity index (χ3n) is 4.14. The number of hydrogen-bond acceptors (Lipinski definition) is 3. The van der Waals surface area contributed by atoms with Crippen molar-refractivity contribution in [2.75, 3.05) is 17.2 Å². The summed E-state index contributed by atoms with van der Waals surface area (Å²) in [5, 5.41) is 0. The SMILES string of the molecule is CC(C)c1ccc(C(=O)N2CCS(=O)(=O)c3ccccc32)cc1. The van der Waals surface area contributed by atoms with Gasteiger partial charge >= 0.3 is 0 Å². The van der Waals surface area contributed by atoms with Gasteiger partial charge < -0.3 is 4.90 Å². The number of hydrogen-bond donors (Lipinski definition) is 0. The van der Waals surface area contributed by atoms with Gasteiger partial charge in [0.25, 0.3) is 5.91 Å². The second-order valence-corrected chi connectivity index (χ2v) is 8.10. The minimum Gasteiger partial charge on any atom is -0.306 e. The Hall–Kier alpha value is -2.14. The molecule has 4 nitrogen and oxygen atoms in total. The number of nitrogens with zero attached hydrogens (tertiary/aromatic N) is 1. The minimum absolute atomic E-state index is 0.0418. The molecule has 2 aromatic carbocycles. The van der Waals surface area contributed by atoms with Crippen LogP contribution in [0, 0.1) is 0 Å². The molecule has 0 aromatic heterocycles. The fraction of sp³-hybridized carbons (Fsp3) is 0.278. The smallest absolute Gasteiger partial charge is 0.258 e. The van der Waals surface area contributed by atoms with E-state index in [1.54, 1.807) is 29.2 Å². The predicted molar refractivity (Wildman–Crippen MR) is 90.7 cm³/mol. The topological polar surface area (TPSA) is 54.5 Å². The van der Waals surface area contributed by atoms with E-state index in [1.165, 1.54) is 5.56 Å². The molecule has 0 N–H and O–H groups in total. The van der Waals surface area contributed by atoms with Crippen molar-refractivity contribution in [2.45, 2.75) is 24.7 Å². The van der Waals surface area contributed by atoms with Crippen LogP contribution in [0.5, 0.6) is 0 Å². The summed E-state index contributed by atoms with van der Waals surface area (Å²) in [6.07, 6.45) is 0. The Morgan fingerprint density at radius 3 is 2.35 bits per heavy atom. The number of carbonyl (C=O) groups is 1. The summed E-state index contributed by atoms with van der Waals surface area (Å²) in [7, 11) is -3.30. The van der Waals surface area contributed by atoms with Gasteiger partial charge in [0.05, 0.1) is 16.3 Å². The maximum atomic E-state index is 12.8. The van der Waals surface area contributed by atoms with Crippen LogP contribution in [0.1, 0.15) is 35.7 Å². The highest BCUT2D eigenvalue weighted by molar-refractivity contribution is 7.91. The number of benzene rings is 2. The van der Waals surface area contributed by atoms with Gasteiger partial charge in [0.2, 0.25) is 0 Å². The maximum absolute atomic E-state index is 12.8. The summed E-state index contributed by atoms with van der Waals surface area (Å²) in [5.41, 5.74) is 2.21. The van der Waals surface area contributed by atoms with E-state index in [9.17, 15) is 13.2 Å². The lowest BCUT2D eigenvalue weighted by atomic mass is 10.0. The van der Waals surface area contributed by atoms with Gasteiger partial charge in [0.1, 0.15) is 0 Å². The molecular weight excluding hydrogens is 310 g/mol. The first-order valence-electron chi connectivity index (χ1n) is 7.64. The fourth-order valence-corrected chi connectivity index (χ4v) is 4.19. The average molecular weight is 329 g/mol. The summed E-state index contributed by atoms with van der Waals surface area (Å²) in [6, 6.07) is 14.2. The van der Waals surface area contributed by atoms with E-state index in [0.717, 1.165) is 0 Å². The molecule has 0 aliphatic carbocycles. The van der Waals surface area contributed by atoms with Crippen LogP contribution in [-0.2, 0) is 9.84 Å². The number of fused-ring (bicyclic) bond motifs is 1. The van der Waals surface area contributed by atoms with Crippen LogP contribution >= 0.6 is 0 Å². The molecule has 0 unspecified atom stereocenters. The number of para-hydroxylation sites is 1. The van der Waals surface area contributed by atoms with Crippen molar-refractivity contribution < 1.29 is 13.2 Å². The van der Waals surface area contributed by atoms with Gasteiger partial charge in [-0.2, -0.15) is 0 Å². The van der Waals surface area contributed by atoms with Crippen molar-refractivity contribution in [1.29, 1.82) is 0 Å². The maximum Gasteiger partial charge on any atom is 0.258 e. The Morgan fingerprint density at radius 2 is 1.70 bits per heavy atom. The lowest BCUT2D eigenvalue weighted by Crippen LogP contribution is -2.39. The number of carbonyl (C=O) groups excluding carboxylic acids is 1. The molecular formula is C18H19NO3S. The van der Waals surface area contributed by atoms with E-state index in [-0.39, 0.29) is 23.1 Å². The largest absolute Gasteiger partial charge is 0.306 e. The zero-order valence-corrected chi connectivity index (χ0v) is 14.0. The molecule has 0 atom stereocenters. The molecule has 1 aliphatic heterocycles. The fourth-order valence-electron chi connectivity index (χ4n) is 2.76. The van der Waals surface area contributed by atoms with E-state index in [4.69, 9.17) is 0 Å². The number of anilines is 1. The normalized spacial score (nSPS) is 16.2. The molecule has 0 fully saturated rings. The van der Waals surface area contributed by atoms with Gasteiger partial charge in [0.15, 0.2) is 9.84 Å². The second-order valence-electron chi connectivity index (χ2n) is 6.02. The molecule has 0 radical (unpaired) electrons. The van der Waals surface area contributed by atoms with Crippen molar-refractivity contribution in [2.24, 2.45) is 0 Å². The van der Waals surface area contributed by atoms with Crippen LogP contribution in [-0.4, -0.2) is 26.6 Å². The van der Waals surface area contributed by atoms with Gasteiger partial charge in [-0.25, -0.2) is 8.42 Å². The third kappa shape index (κ3) is 2.88. The molecule has 5 heteroatoms. The highest BCUT2D eigenvalue weighted by Crippen LogP contribution is 2.31. The monoisotopic (exact) mass is 329 g/mol. The quantitative estimate of drug-likeness (QED) is 0.850.